The van der Waals surface area contributed by atoms with Gasteiger partial charge in [-0.2, -0.15) is 0 Å². The fraction of sp³-hybridized carbons (Fsp3) is 0.980. The molecule has 0 aromatic rings. The Morgan fingerprint density at radius 2 is 0.514 bits per heavy atom. The van der Waals surface area contributed by atoms with Crippen LogP contribution in [0.4, 0.5) is 0 Å². The Balaban J connectivity index is 9.31. The lowest BCUT2D eigenvalue weighted by Gasteiger charge is -2.52. The molecule has 420 valence electrons. The molecule has 0 aliphatic heterocycles. The van der Waals surface area contributed by atoms with Gasteiger partial charge in [-0.25, -0.2) is 0 Å². The number of carbonyl (C=O) groups is 1. The van der Waals surface area contributed by atoms with Gasteiger partial charge in [0.15, 0.2) is 81.3 Å². The Morgan fingerprint density at radius 1 is 0.329 bits per heavy atom. The van der Waals surface area contributed by atoms with E-state index in [0.717, 1.165) is 51.4 Å². The van der Waals surface area contributed by atoms with Crippen molar-refractivity contribution >= 4 is 23.4 Å². The second-order valence-corrected chi connectivity index (χ2v) is 24.0. The lowest BCUT2D eigenvalue weighted by atomic mass is 9.86. The molecule has 0 aliphatic carbocycles. The lowest BCUT2D eigenvalue weighted by Crippen LogP contribution is -2.69. The Bertz CT molecular complexity index is 1130. The van der Waals surface area contributed by atoms with Crippen molar-refractivity contribution in [2.45, 2.75) is 273 Å². The van der Waals surface area contributed by atoms with Gasteiger partial charge in [-0.05, 0) is 110 Å². The standard InChI is InChI=1S/C49H102O19Si2/c1-23-25-27-29-31-33-48(15,69(63-41(9)57-35(3)51-17,64-42(10)58-36(4)52-18)65-43(11)59-37(5)53-19)47(50)49(16,34-32-30-28-26-24-2)70(66-44(12)60-38(6)54-20,67-45(13)61-39(7)55-21)68-46(14)62-40(8)56-22/h35-46H,23-34H2,1-22H3. The summed E-state index contributed by atoms with van der Waals surface area (Å²) < 4.78 is 114. The van der Waals surface area contributed by atoms with Crippen molar-refractivity contribution in [1.29, 1.82) is 0 Å². The molecule has 19 nitrogen and oxygen atoms in total. The van der Waals surface area contributed by atoms with E-state index in [-0.39, 0.29) is 18.6 Å². The van der Waals surface area contributed by atoms with E-state index in [9.17, 15) is 0 Å². The molecule has 0 spiro atoms. The fourth-order valence-corrected chi connectivity index (χ4v) is 15.0. The van der Waals surface area contributed by atoms with Gasteiger partial charge in [0.05, 0.1) is 10.1 Å². The average Bonchev–Trinajstić information content (AvgIpc) is 3.29. The first-order chi connectivity index (χ1) is 32.9. The summed E-state index contributed by atoms with van der Waals surface area (Å²) in [6, 6.07) is 0. The molecule has 0 aromatic heterocycles. The molecule has 14 unspecified atom stereocenters. The molecule has 21 heteroatoms. The first-order valence-electron chi connectivity index (χ1n) is 25.6. The van der Waals surface area contributed by atoms with E-state index in [1.54, 1.807) is 83.1 Å². The highest BCUT2D eigenvalue weighted by molar-refractivity contribution is 6.75. The van der Waals surface area contributed by atoms with Crippen LogP contribution in [0, 0.1) is 0 Å². The van der Waals surface area contributed by atoms with Crippen LogP contribution >= 0.6 is 0 Å². The van der Waals surface area contributed by atoms with Crippen LogP contribution < -0.4 is 0 Å². The van der Waals surface area contributed by atoms with E-state index in [0.29, 0.717) is 12.8 Å². The van der Waals surface area contributed by atoms with Crippen molar-refractivity contribution in [2.75, 3.05) is 42.7 Å². The third-order valence-corrected chi connectivity index (χ3v) is 19.6. The molecule has 0 saturated carbocycles. The van der Waals surface area contributed by atoms with Gasteiger partial charge >= 0.3 is 17.6 Å². The SMILES string of the molecule is CCCCCCCC(C)(C(=O)C(C)(CCCCCCC)[Si](OC(C)OC(C)OC)(OC(C)OC(C)OC)OC(C)OC(C)OC)[Si](OC(C)OC(C)OC)(OC(C)OC(C)OC)OC(C)OC(C)OC. The summed E-state index contributed by atoms with van der Waals surface area (Å²) in [6.45, 7) is 28.6. The second-order valence-electron chi connectivity index (χ2n) is 18.2. The van der Waals surface area contributed by atoms with Crippen LogP contribution in [-0.2, 0) is 88.2 Å². The van der Waals surface area contributed by atoms with E-state index < -0.39 is 103 Å². The molecule has 0 N–H and O–H groups in total. The maximum Gasteiger partial charge on any atom is 0.520 e. The predicted molar refractivity (Wildman–Crippen MR) is 269 cm³/mol. The van der Waals surface area contributed by atoms with Crippen LogP contribution in [0.25, 0.3) is 0 Å². The quantitative estimate of drug-likeness (QED) is 0.0318. The zero-order valence-electron chi connectivity index (χ0n) is 47.7. The molecule has 0 fully saturated rings. The highest BCUT2D eigenvalue weighted by Crippen LogP contribution is 2.59. The number of ether oxygens (including phenoxy) is 12. The van der Waals surface area contributed by atoms with Crippen LogP contribution in [0.3, 0.4) is 0 Å². The maximum absolute atomic E-state index is 17.4. The zero-order chi connectivity index (χ0) is 53.7. The minimum atomic E-state index is -4.76. The molecule has 0 heterocycles. The topological polar surface area (TPSA) is 183 Å². The number of hydrogen-bond acceptors (Lipinski definition) is 19. The van der Waals surface area contributed by atoms with E-state index >= 15 is 4.79 Å². The summed E-state index contributed by atoms with van der Waals surface area (Å²) in [5.41, 5.74) is 0. The number of unbranched alkanes of at least 4 members (excludes halogenated alkanes) is 8. The predicted octanol–water partition coefficient (Wildman–Crippen LogP) is 10.9. The van der Waals surface area contributed by atoms with Gasteiger partial charge in [0, 0.05) is 42.7 Å². The average molecular weight is 1050 g/mol. The number of ketones is 1. The van der Waals surface area contributed by atoms with Crippen molar-refractivity contribution in [2.24, 2.45) is 0 Å². The number of methoxy groups -OCH3 is 6. The highest BCUT2D eigenvalue weighted by atomic mass is 28.4. The molecule has 0 amide bonds. The smallest absolute Gasteiger partial charge is 0.356 e. The van der Waals surface area contributed by atoms with E-state index in [1.165, 1.54) is 42.7 Å². The minimum absolute atomic E-state index is 0.204. The summed E-state index contributed by atoms with van der Waals surface area (Å²) >= 11 is 0. The Morgan fingerprint density at radius 3 is 0.686 bits per heavy atom. The van der Waals surface area contributed by atoms with Gasteiger partial charge in [-0.15, -0.1) is 0 Å². The molecule has 0 saturated heterocycles. The minimum Gasteiger partial charge on any atom is -0.356 e. The molecule has 0 aliphatic rings. The summed E-state index contributed by atoms with van der Waals surface area (Å²) in [4.78, 5) is 17.4. The largest absolute Gasteiger partial charge is 0.520 e. The Hall–Kier alpha value is -0.616. The van der Waals surface area contributed by atoms with Gasteiger partial charge in [0.2, 0.25) is 0 Å². The van der Waals surface area contributed by atoms with E-state index in [1.807, 2.05) is 13.8 Å². The van der Waals surface area contributed by atoms with Crippen molar-refractivity contribution in [3.8, 4) is 0 Å². The van der Waals surface area contributed by atoms with E-state index in [4.69, 9.17) is 83.4 Å². The third kappa shape index (κ3) is 23.9. The first kappa shape index (κ1) is 69.4. The molecule has 0 aromatic carbocycles. The normalized spacial score (nSPS) is 21.1. The van der Waals surface area contributed by atoms with Crippen molar-refractivity contribution < 1.29 is 88.2 Å². The van der Waals surface area contributed by atoms with Crippen molar-refractivity contribution in [3.63, 3.8) is 0 Å². The summed E-state index contributed by atoms with van der Waals surface area (Å²) in [6.07, 6.45) is -1.82. The highest BCUT2D eigenvalue weighted by Gasteiger charge is 2.74. The van der Waals surface area contributed by atoms with Crippen LogP contribution in [-0.4, -0.2) is 142 Å². The van der Waals surface area contributed by atoms with Crippen LogP contribution in [0.1, 0.15) is 188 Å². The monoisotopic (exact) mass is 1050 g/mol. The molecule has 14 atom stereocenters. The van der Waals surface area contributed by atoms with Gasteiger partial charge < -0.3 is 83.4 Å². The molecular formula is C49H102O19Si2. The van der Waals surface area contributed by atoms with Crippen LogP contribution in [0.15, 0.2) is 0 Å². The maximum atomic E-state index is 17.4. The molecule has 0 radical (unpaired) electrons. The summed E-state index contributed by atoms with van der Waals surface area (Å²) in [7, 11) is -0.397. The molecule has 0 bridgehead atoms. The van der Waals surface area contributed by atoms with Gasteiger partial charge in [0.1, 0.15) is 0 Å². The fourth-order valence-electron chi connectivity index (χ4n) is 7.96. The third-order valence-electron chi connectivity index (χ3n) is 12.1. The lowest BCUT2D eigenvalue weighted by molar-refractivity contribution is -0.256. The van der Waals surface area contributed by atoms with Crippen molar-refractivity contribution in [3.05, 3.63) is 0 Å². The van der Waals surface area contributed by atoms with Gasteiger partial charge in [0.25, 0.3) is 0 Å². The second kappa shape index (κ2) is 36.4. The molecule has 0 rings (SSSR count). The van der Waals surface area contributed by atoms with Gasteiger partial charge in [-0.1, -0.05) is 78.1 Å². The number of hydrogen-bond donors (Lipinski definition) is 0. The number of rotatable bonds is 46. The Labute approximate surface area is 426 Å². The first-order valence-corrected chi connectivity index (χ1v) is 29.0. The molecule has 70 heavy (non-hydrogen) atoms. The van der Waals surface area contributed by atoms with Crippen LogP contribution in [0.5, 0.6) is 0 Å². The van der Waals surface area contributed by atoms with E-state index in [2.05, 4.69) is 13.8 Å². The number of Topliss-reactive ketones (excluding diaryl/α,β-unsaturated/α-hetero) is 1. The summed E-state index contributed by atoms with van der Waals surface area (Å²) in [5, 5.41) is -3.39. The summed E-state index contributed by atoms with van der Waals surface area (Å²) in [5.74, 6) is -0.388. The number of carbonyl (C=O) groups excluding carboxylic acids is 1. The Kier molecular flexibility index (Phi) is 36.1. The van der Waals surface area contributed by atoms with Crippen LogP contribution in [0.2, 0.25) is 10.1 Å². The zero-order valence-corrected chi connectivity index (χ0v) is 49.7. The molecular weight excluding hydrogens is 949 g/mol. The van der Waals surface area contributed by atoms with Gasteiger partial charge in [-0.3, -0.25) is 4.79 Å². The van der Waals surface area contributed by atoms with Crippen molar-refractivity contribution in [1.82, 2.24) is 0 Å².